The molecule has 1 rings (SSSR count). The monoisotopic (exact) mass is 231 g/mol. The summed E-state index contributed by atoms with van der Waals surface area (Å²) in [6.45, 7) is 4.19. The van der Waals surface area contributed by atoms with Gasteiger partial charge in [-0.05, 0) is 13.5 Å². The number of hydrogen-bond donors (Lipinski definition) is 0. The van der Waals surface area contributed by atoms with Crippen LogP contribution < -0.4 is 0 Å². The minimum atomic E-state index is -3.40. The van der Waals surface area contributed by atoms with Crippen LogP contribution in [0.3, 0.4) is 0 Å². The van der Waals surface area contributed by atoms with Crippen LogP contribution in [0, 0.1) is 11.3 Å². The van der Waals surface area contributed by atoms with Crippen LogP contribution in [0.15, 0.2) is 0 Å². The van der Waals surface area contributed by atoms with Gasteiger partial charge in [0.05, 0.1) is 6.07 Å². The van der Waals surface area contributed by atoms with Gasteiger partial charge in [0.25, 0.3) is 0 Å². The molecule has 0 aliphatic carbocycles. The third-order valence-corrected chi connectivity index (χ3v) is 4.94. The zero-order valence-corrected chi connectivity index (χ0v) is 10.00. The molecule has 0 aromatic heterocycles. The molecule has 15 heavy (non-hydrogen) atoms. The number of nitrogens with zero attached hydrogens (tertiary/aromatic N) is 3. The average Bonchev–Trinajstić information content (AvgIpc) is 2.19. The highest BCUT2D eigenvalue weighted by Gasteiger charge is 2.32. The Morgan fingerprint density at radius 2 is 1.87 bits per heavy atom. The maximum atomic E-state index is 11.9. The number of sulfonamides is 1. The van der Waals surface area contributed by atoms with Gasteiger partial charge < -0.3 is 4.90 Å². The van der Waals surface area contributed by atoms with E-state index in [1.807, 2.05) is 13.1 Å². The van der Waals surface area contributed by atoms with Crippen molar-refractivity contribution in [3.05, 3.63) is 0 Å². The highest BCUT2D eigenvalue weighted by atomic mass is 32.2. The molecule has 0 bridgehead atoms. The standard InChI is InChI=1S/C9H17N3O2S/c1-3-9(8-10)15(13,14)12-6-4-11(2)5-7-12/h9H,3-7H2,1-2H3. The molecule has 0 aromatic carbocycles. The highest BCUT2D eigenvalue weighted by Crippen LogP contribution is 2.13. The molecule has 1 heterocycles. The van der Waals surface area contributed by atoms with Crippen molar-refractivity contribution in [1.82, 2.24) is 9.21 Å². The Morgan fingerprint density at radius 3 is 2.27 bits per heavy atom. The van der Waals surface area contributed by atoms with Crippen molar-refractivity contribution in [1.29, 1.82) is 5.26 Å². The summed E-state index contributed by atoms with van der Waals surface area (Å²) in [5.74, 6) is 0. The summed E-state index contributed by atoms with van der Waals surface area (Å²) in [6, 6.07) is 1.86. The average molecular weight is 231 g/mol. The lowest BCUT2D eigenvalue weighted by atomic mass is 10.4. The summed E-state index contributed by atoms with van der Waals surface area (Å²) >= 11 is 0. The van der Waals surface area contributed by atoms with Gasteiger partial charge in [0.2, 0.25) is 10.0 Å². The number of hydrogen-bond acceptors (Lipinski definition) is 4. The summed E-state index contributed by atoms with van der Waals surface area (Å²) in [6.07, 6.45) is 0.352. The fraction of sp³-hybridized carbons (Fsp3) is 0.889. The smallest absolute Gasteiger partial charge is 0.230 e. The summed E-state index contributed by atoms with van der Waals surface area (Å²) in [5, 5.41) is 7.89. The molecule has 1 saturated heterocycles. The quantitative estimate of drug-likeness (QED) is 0.678. The van der Waals surface area contributed by atoms with Crippen molar-refractivity contribution in [2.24, 2.45) is 0 Å². The maximum absolute atomic E-state index is 11.9. The van der Waals surface area contributed by atoms with Crippen molar-refractivity contribution >= 4 is 10.0 Å². The van der Waals surface area contributed by atoms with E-state index in [4.69, 9.17) is 5.26 Å². The van der Waals surface area contributed by atoms with Crippen LogP contribution in [-0.4, -0.2) is 56.1 Å². The summed E-state index contributed by atoms with van der Waals surface area (Å²) in [5.41, 5.74) is 0. The fourth-order valence-electron chi connectivity index (χ4n) is 1.59. The molecule has 0 radical (unpaired) electrons. The van der Waals surface area contributed by atoms with E-state index in [1.54, 1.807) is 6.92 Å². The molecule has 6 heteroatoms. The minimum absolute atomic E-state index is 0.352. The van der Waals surface area contributed by atoms with E-state index in [1.165, 1.54) is 4.31 Å². The van der Waals surface area contributed by atoms with Crippen LogP contribution in [0.4, 0.5) is 0 Å². The first-order valence-electron chi connectivity index (χ1n) is 5.09. The molecule has 1 aliphatic heterocycles. The molecule has 1 aliphatic rings. The van der Waals surface area contributed by atoms with Crippen LogP contribution in [0.1, 0.15) is 13.3 Å². The zero-order chi connectivity index (χ0) is 11.5. The van der Waals surface area contributed by atoms with Crippen molar-refractivity contribution in [2.45, 2.75) is 18.6 Å². The Morgan fingerprint density at radius 1 is 1.33 bits per heavy atom. The molecule has 0 spiro atoms. The molecule has 1 atom stereocenters. The van der Waals surface area contributed by atoms with Crippen LogP contribution >= 0.6 is 0 Å². The zero-order valence-electron chi connectivity index (χ0n) is 9.18. The van der Waals surface area contributed by atoms with Crippen molar-refractivity contribution < 1.29 is 8.42 Å². The van der Waals surface area contributed by atoms with Gasteiger partial charge in [-0.2, -0.15) is 9.57 Å². The molecule has 5 nitrogen and oxygen atoms in total. The van der Waals surface area contributed by atoms with E-state index in [9.17, 15) is 8.42 Å². The van der Waals surface area contributed by atoms with Gasteiger partial charge >= 0.3 is 0 Å². The molecule has 1 unspecified atom stereocenters. The van der Waals surface area contributed by atoms with Crippen LogP contribution in [0.25, 0.3) is 0 Å². The molecular formula is C9H17N3O2S. The van der Waals surface area contributed by atoms with Crippen LogP contribution in [-0.2, 0) is 10.0 Å². The first-order chi connectivity index (χ1) is 7.02. The van der Waals surface area contributed by atoms with Gasteiger partial charge in [0.1, 0.15) is 0 Å². The lowest BCUT2D eigenvalue weighted by Crippen LogP contribution is -2.49. The van der Waals surface area contributed by atoms with Gasteiger partial charge in [-0.25, -0.2) is 8.42 Å². The van der Waals surface area contributed by atoms with E-state index in [2.05, 4.69) is 4.90 Å². The van der Waals surface area contributed by atoms with Crippen molar-refractivity contribution in [2.75, 3.05) is 33.2 Å². The normalized spacial score (nSPS) is 22.2. The largest absolute Gasteiger partial charge is 0.304 e. The molecule has 0 aromatic rings. The molecular weight excluding hydrogens is 214 g/mol. The second kappa shape index (κ2) is 4.92. The SMILES string of the molecule is CCC(C#N)S(=O)(=O)N1CCN(C)CC1. The number of piperazine rings is 1. The van der Waals surface area contributed by atoms with E-state index in [0.717, 1.165) is 13.1 Å². The highest BCUT2D eigenvalue weighted by molar-refractivity contribution is 7.90. The van der Waals surface area contributed by atoms with Gasteiger partial charge in [-0.1, -0.05) is 6.92 Å². The van der Waals surface area contributed by atoms with Crippen molar-refractivity contribution in [3.8, 4) is 6.07 Å². The van der Waals surface area contributed by atoms with Gasteiger partial charge in [0, 0.05) is 26.2 Å². The minimum Gasteiger partial charge on any atom is -0.304 e. The predicted molar refractivity (Wildman–Crippen MR) is 57.7 cm³/mol. The molecule has 1 fully saturated rings. The number of nitriles is 1. The van der Waals surface area contributed by atoms with Gasteiger partial charge in [-0.15, -0.1) is 0 Å². The predicted octanol–water partition coefficient (Wildman–Crippen LogP) is -0.134. The first kappa shape index (κ1) is 12.4. The van der Waals surface area contributed by atoms with E-state index < -0.39 is 15.3 Å². The van der Waals surface area contributed by atoms with E-state index in [-0.39, 0.29) is 0 Å². The van der Waals surface area contributed by atoms with Crippen LogP contribution in [0.5, 0.6) is 0 Å². The summed E-state index contributed by atoms with van der Waals surface area (Å²) in [7, 11) is -1.44. The second-order valence-corrected chi connectivity index (χ2v) is 5.89. The van der Waals surface area contributed by atoms with Gasteiger partial charge in [0.15, 0.2) is 5.25 Å². The lowest BCUT2D eigenvalue weighted by molar-refractivity contribution is 0.221. The van der Waals surface area contributed by atoms with Crippen molar-refractivity contribution in [3.63, 3.8) is 0 Å². The third kappa shape index (κ3) is 2.68. The third-order valence-electron chi connectivity index (χ3n) is 2.70. The van der Waals surface area contributed by atoms with Crippen LogP contribution in [0.2, 0.25) is 0 Å². The molecule has 0 saturated carbocycles. The summed E-state index contributed by atoms with van der Waals surface area (Å²) in [4.78, 5) is 2.08. The fourth-order valence-corrected chi connectivity index (χ4v) is 3.18. The maximum Gasteiger partial charge on any atom is 0.230 e. The Bertz CT molecular complexity index is 339. The topological polar surface area (TPSA) is 64.4 Å². The van der Waals surface area contributed by atoms with E-state index in [0.29, 0.717) is 19.5 Å². The number of rotatable bonds is 3. The lowest BCUT2D eigenvalue weighted by Gasteiger charge is -2.32. The molecule has 0 amide bonds. The Hall–Kier alpha value is -0.640. The Labute approximate surface area is 91.3 Å². The Kier molecular flexibility index (Phi) is 4.08. The number of likely N-dealkylation sites (N-methyl/N-ethyl adjacent to an activating group) is 1. The molecule has 86 valence electrons. The first-order valence-corrected chi connectivity index (χ1v) is 6.59. The summed E-state index contributed by atoms with van der Waals surface area (Å²) < 4.78 is 25.3. The Balaban J connectivity index is 2.75. The second-order valence-electron chi connectivity index (χ2n) is 3.77. The molecule has 0 N–H and O–H groups in total. The van der Waals surface area contributed by atoms with E-state index >= 15 is 0 Å². The van der Waals surface area contributed by atoms with Gasteiger partial charge in [-0.3, -0.25) is 0 Å².